The molecule has 2 aromatic carbocycles. The molecule has 1 fully saturated rings. The molecule has 1 amide bonds. The number of nitrogens with one attached hydrogen (secondary N) is 2. The van der Waals surface area contributed by atoms with Gasteiger partial charge in [0.05, 0.1) is 22.5 Å². The fraction of sp³-hybridized carbons (Fsp3) is 0.318. The van der Waals surface area contributed by atoms with Crippen LogP contribution in [0.2, 0.25) is 0 Å². The van der Waals surface area contributed by atoms with E-state index in [1.54, 1.807) is 6.21 Å². The number of hydrogen-bond donors (Lipinski definition) is 2. The van der Waals surface area contributed by atoms with Crippen LogP contribution in [-0.2, 0) is 10.2 Å². The molecule has 2 N–H and O–H groups in total. The molecule has 138 valence electrons. The SMILES string of the molecule is C/C=N\C(c1nc2ccccc2[nH]1)C(C)NC(=O)C1(c2ccccc2)CC1. The van der Waals surface area contributed by atoms with Crippen molar-refractivity contribution in [3.05, 3.63) is 66.0 Å². The number of fused-ring (bicyclic) bond motifs is 1. The number of rotatable bonds is 6. The van der Waals surface area contributed by atoms with Crippen molar-refractivity contribution in [1.29, 1.82) is 0 Å². The van der Waals surface area contributed by atoms with Gasteiger partial charge in [0.1, 0.15) is 11.9 Å². The van der Waals surface area contributed by atoms with Gasteiger partial charge in [0.25, 0.3) is 0 Å². The van der Waals surface area contributed by atoms with Crippen LogP contribution in [0.3, 0.4) is 0 Å². The van der Waals surface area contributed by atoms with Crippen molar-refractivity contribution in [1.82, 2.24) is 15.3 Å². The number of carbonyl (C=O) groups is 1. The number of aliphatic imine (C=N–C) groups is 1. The standard InChI is InChI=1S/C22H24N4O/c1-3-23-19(20-25-17-11-7-8-12-18(17)26-20)15(2)24-21(27)22(13-14-22)16-9-5-4-6-10-16/h3-12,15,19H,13-14H2,1-2H3,(H,24,27)(H,25,26)/b23-3-. The summed E-state index contributed by atoms with van der Waals surface area (Å²) < 4.78 is 0. The molecule has 1 saturated carbocycles. The van der Waals surface area contributed by atoms with E-state index in [4.69, 9.17) is 0 Å². The van der Waals surface area contributed by atoms with Gasteiger partial charge < -0.3 is 10.3 Å². The van der Waals surface area contributed by atoms with Crippen LogP contribution in [0.15, 0.2) is 59.6 Å². The van der Waals surface area contributed by atoms with E-state index in [0.717, 1.165) is 35.3 Å². The average Bonchev–Trinajstić information content (AvgIpc) is 3.40. The minimum atomic E-state index is -0.385. The van der Waals surface area contributed by atoms with Crippen molar-refractivity contribution in [3.8, 4) is 0 Å². The van der Waals surface area contributed by atoms with Crippen molar-refractivity contribution in [2.45, 2.75) is 44.2 Å². The van der Waals surface area contributed by atoms with Crippen molar-refractivity contribution < 1.29 is 4.79 Å². The normalized spacial score (nSPS) is 17.7. The van der Waals surface area contributed by atoms with Crippen LogP contribution >= 0.6 is 0 Å². The average molecular weight is 360 g/mol. The summed E-state index contributed by atoms with van der Waals surface area (Å²) in [5.41, 5.74) is 2.59. The minimum Gasteiger partial charge on any atom is -0.350 e. The lowest BCUT2D eigenvalue weighted by molar-refractivity contribution is -0.124. The lowest BCUT2D eigenvalue weighted by Crippen LogP contribution is -2.42. The van der Waals surface area contributed by atoms with Crippen LogP contribution in [0.5, 0.6) is 0 Å². The first-order valence-corrected chi connectivity index (χ1v) is 9.43. The number of benzene rings is 2. The number of hydrogen-bond acceptors (Lipinski definition) is 3. The van der Waals surface area contributed by atoms with Gasteiger partial charge in [-0.05, 0) is 50.6 Å². The van der Waals surface area contributed by atoms with Gasteiger partial charge in [0.15, 0.2) is 0 Å². The lowest BCUT2D eigenvalue weighted by atomic mass is 9.94. The van der Waals surface area contributed by atoms with E-state index in [2.05, 4.69) is 20.3 Å². The lowest BCUT2D eigenvalue weighted by Gasteiger charge is -2.23. The molecular formula is C22H24N4O. The Labute approximate surface area is 158 Å². The molecule has 3 aromatic rings. The number of amides is 1. The first-order valence-electron chi connectivity index (χ1n) is 9.43. The molecule has 4 rings (SSSR count). The fourth-order valence-electron chi connectivity index (χ4n) is 3.66. The molecule has 1 aliphatic rings. The van der Waals surface area contributed by atoms with E-state index in [1.807, 2.05) is 68.4 Å². The van der Waals surface area contributed by atoms with Crippen LogP contribution < -0.4 is 5.32 Å². The molecular weight excluding hydrogens is 336 g/mol. The molecule has 5 heteroatoms. The number of aromatic nitrogens is 2. The fourth-order valence-corrected chi connectivity index (χ4v) is 3.66. The molecule has 0 saturated heterocycles. The van der Waals surface area contributed by atoms with Crippen molar-refractivity contribution in [3.63, 3.8) is 0 Å². The van der Waals surface area contributed by atoms with Gasteiger partial charge in [-0.25, -0.2) is 4.98 Å². The number of nitrogens with zero attached hydrogens (tertiary/aromatic N) is 2. The van der Waals surface area contributed by atoms with Gasteiger partial charge in [-0.15, -0.1) is 0 Å². The Bertz CT molecular complexity index is 939. The Morgan fingerprint density at radius 2 is 1.89 bits per heavy atom. The molecule has 27 heavy (non-hydrogen) atoms. The molecule has 1 aliphatic carbocycles. The van der Waals surface area contributed by atoms with Gasteiger partial charge in [0, 0.05) is 0 Å². The van der Waals surface area contributed by atoms with Crippen molar-refractivity contribution >= 4 is 23.2 Å². The number of imidazole rings is 1. The number of H-pyrrole nitrogens is 1. The van der Waals surface area contributed by atoms with Crippen LogP contribution in [0.1, 0.15) is 44.1 Å². The maximum absolute atomic E-state index is 13.1. The quantitative estimate of drug-likeness (QED) is 0.654. The van der Waals surface area contributed by atoms with Crippen LogP contribution in [0, 0.1) is 0 Å². The summed E-state index contributed by atoms with van der Waals surface area (Å²) in [6, 6.07) is 17.5. The van der Waals surface area contributed by atoms with Gasteiger partial charge in [-0.2, -0.15) is 0 Å². The Morgan fingerprint density at radius 1 is 1.19 bits per heavy atom. The molecule has 1 heterocycles. The van der Waals surface area contributed by atoms with E-state index in [1.165, 1.54) is 0 Å². The van der Waals surface area contributed by atoms with E-state index in [-0.39, 0.29) is 23.4 Å². The predicted octanol–water partition coefficient (Wildman–Crippen LogP) is 3.93. The van der Waals surface area contributed by atoms with E-state index in [9.17, 15) is 4.79 Å². The summed E-state index contributed by atoms with van der Waals surface area (Å²) >= 11 is 0. The van der Waals surface area contributed by atoms with E-state index < -0.39 is 0 Å². The zero-order valence-corrected chi connectivity index (χ0v) is 15.6. The Morgan fingerprint density at radius 3 is 2.56 bits per heavy atom. The monoisotopic (exact) mass is 360 g/mol. The van der Waals surface area contributed by atoms with E-state index in [0.29, 0.717) is 0 Å². The predicted molar refractivity (Wildman–Crippen MR) is 108 cm³/mol. The summed E-state index contributed by atoms with van der Waals surface area (Å²) in [5, 5.41) is 3.20. The number of para-hydroxylation sites is 2. The smallest absolute Gasteiger partial charge is 0.230 e. The third kappa shape index (κ3) is 3.25. The molecule has 2 atom stereocenters. The van der Waals surface area contributed by atoms with Gasteiger partial charge in [-0.1, -0.05) is 42.5 Å². The number of aromatic amines is 1. The third-order valence-electron chi connectivity index (χ3n) is 5.34. The van der Waals surface area contributed by atoms with Crippen LogP contribution in [0.25, 0.3) is 11.0 Å². The first-order chi connectivity index (χ1) is 13.1. The largest absolute Gasteiger partial charge is 0.350 e. The summed E-state index contributed by atoms with van der Waals surface area (Å²) in [7, 11) is 0. The highest BCUT2D eigenvalue weighted by atomic mass is 16.2. The van der Waals surface area contributed by atoms with Crippen molar-refractivity contribution in [2.75, 3.05) is 0 Å². The minimum absolute atomic E-state index is 0.0774. The Kier molecular flexibility index (Phi) is 4.52. The van der Waals surface area contributed by atoms with Gasteiger partial charge in [0.2, 0.25) is 5.91 Å². The maximum Gasteiger partial charge on any atom is 0.230 e. The maximum atomic E-state index is 13.1. The second-order valence-electron chi connectivity index (χ2n) is 7.20. The highest BCUT2D eigenvalue weighted by Gasteiger charge is 2.51. The topological polar surface area (TPSA) is 70.1 Å². The zero-order valence-electron chi connectivity index (χ0n) is 15.6. The molecule has 0 bridgehead atoms. The number of carbonyl (C=O) groups excluding carboxylic acids is 1. The summed E-state index contributed by atoms with van der Waals surface area (Å²) in [4.78, 5) is 25.7. The van der Waals surface area contributed by atoms with Crippen LogP contribution in [0.4, 0.5) is 0 Å². The molecule has 0 aliphatic heterocycles. The van der Waals surface area contributed by atoms with Gasteiger partial charge in [-0.3, -0.25) is 9.79 Å². The molecule has 5 nitrogen and oxygen atoms in total. The Hall–Kier alpha value is -2.95. The highest BCUT2D eigenvalue weighted by Crippen LogP contribution is 2.48. The summed E-state index contributed by atoms with van der Waals surface area (Å²) in [5.74, 6) is 0.847. The van der Waals surface area contributed by atoms with E-state index >= 15 is 0 Å². The molecule has 2 unspecified atom stereocenters. The van der Waals surface area contributed by atoms with Gasteiger partial charge >= 0.3 is 0 Å². The highest BCUT2D eigenvalue weighted by molar-refractivity contribution is 5.91. The second kappa shape index (κ2) is 6.99. The molecule has 1 aromatic heterocycles. The van der Waals surface area contributed by atoms with Crippen molar-refractivity contribution in [2.24, 2.45) is 4.99 Å². The van der Waals surface area contributed by atoms with Crippen LogP contribution in [-0.4, -0.2) is 28.1 Å². The summed E-state index contributed by atoms with van der Waals surface area (Å²) in [6.07, 6.45) is 3.55. The molecule has 0 radical (unpaired) electrons. The second-order valence-corrected chi connectivity index (χ2v) is 7.20. The summed E-state index contributed by atoms with van der Waals surface area (Å²) in [6.45, 7) is 3.88. The first kappa shape index (κ1) is 17.5. The third-order valence-corrected chi connectivity index (χ3v) is 5.34. The Balaban J connectivity index is 1.56. The zero-order chi connectivity index (χ0) is 18.9. The molecule has 0 spiro atoms.